The van der Waals surface area contributed by atoms with Gasteiger partial charge in [-0.3, -0.25) is 9.69 Å². The largest absolute Gasteiger partial charge is 0.326 e. The summed E-state index contributed by atoms with van der Waals surface area (Å²) in [7, 11) is 0. The molecule has 4 nitrogen and oxygen atoms in total. The molecule has 1 atom stereocenters. The zero-order valence-corrected chi connectivity index (χ0v) is 8.74. The fourth-order valence-electron chi connectivity index (χ4n) is 1.61. The van der Waals surface area contributed by atoms with E-state index in [4.69, 9.17) is 0 Å². The van der Waals surface area contributed by atoms with Crippen molar-refractivity contribution in [3.05, 3.63) is 35.6 Å². The SMILES string of the molecule is C[C@H]1NC(=O)N(Cc2ccccc2F)C1=O. The molecule has 0 aliphatic carbocycles. The number of benzene rings is 1. The van der Waals surface area contributed by atoms with Gasteiger partial charge < -0.3 is 5.32 Å². The maximum Gasteiger partial charge on any atom is 0.325 e. The number of hydrogen-bond acceptors (Lipinski definition) is 2. The standard InChI is InChI=1S/C11H11FN2O2/c1-7-10(15)14(11(16)13-7)6-8-4-2-3-5-9(8)12/h2-5,7H,6H2,1H3,(H,13,16)/t7-/m1/s1. The summed E-state index contributed by atoms with van der Waals surface area (Å²) in [6, 6.07) is 5.09. The van der Waals surface area contributed by atoms with Crippen LogP contribution >= 0.6 is 0 Å². The molecule has 5 heteroatoms. The number of carbonyl (C=O) groups excluding carboxylic acids is 2. The average Bonchev–Trinajstić information content (AvgIpc) is 2.48. The van der Waals surface area contributed by atoms with Gasteiger partial charge in [-0.2, -0.15) is 0 Å². The molecule has 1 heterocycles. The number of carbonyl (C=O) groups is 2. The van der Waals surface area contributed by atoms with E-state index in [1.807, 2.05) is 0 Å². The van der Waals surface area contributed by atoms with E-state index in [1.165, 1.54) is 6.07 Å². The van der Waals surface area contributed by atoms with Crippen LogP contribution in [0.3, 0.4) is 0 Å². The van der Waals surface area contributed by atoms with E-state index in [9.17, 15) is 14.0 Å². The minimum atomic E-state index is -0.528. The molecule has 0 aromatic heterocycles. The van der Waals surface area contributed by atoms with Crippen molar-refractivity contribution in [2.24, 2.45) is 0 Å². The number of rotatable bonds is 2. The van der Waals surface area contributed by atoms with Crippen molar-refractivity contribution >= 4 is 11.9 Å². The van der Waals surface area contributed by atoms with Crippen molar-refractivity contribution in [1.29, 1.82) is 0 Å². The normalized spacial score (nSPS) is 20.1. The van der Waals surface area contributed by atoms with E-state index in [2.05, 4.69) is 5.32 Å². The highest BCUT2D eigenvalue weighted by atomic mass is 19.1. The average molecular weight is 222 g/mol. The molecule has 1 fully saturated rings. The van der Waals surface area contributed by atoms with Crippen molar-refractivity contribution in [2.45, 2.75) is 19.5 Å². The molecule has 1 N–H and O–H groups in total. The highest BCUT2D eigenvalue weighted by Gasteiger charge is 2.35. The number of urea groups is 1. The molecule has 0 bridgehead atoms. The molecule has 0 spiro atoms. The number of nitrogens with zero attached hydrogens (tertiary/aromatic N) is 1. The number of amides is 3. The highest BCUT2D eigenvalue weighted by molar-refractivity contribution is 6.03. The second-order valence-corrected chi connectivity index (χ2v) is 3.69. The number of hydrogen-bond donors (Lipinski definition) is 1. The predicted molar refractivity (Wildman–Crippen MR) is 54.9 cm³/mol. The lowest BCUT2D eigenvalue weighted by Crippen LogP contribution is -2.30. The van der Waals surface area contributed by atoms with Crippen LogP contribution in [0.5, 0.6) is 0 Å². The first-order valence-corrected chi connectivity index (χ1v) is 4.95. The van der Waals surface area contributed by atoms with Crippen LogP contribution in [-0.4, -0.2) is 22.9 Å². The number of imide groups is 1. The van der Waals surface area contributed by atoms with Gasteiger partial charge in [0.05, 0.1) is 6.54 Å². The van der Waals surface area contributed by atoms with Gasteiger partial charge in [0.25, 0.3) is 5.91 Å². The van der Waals surface area contributed by atoms with Crippen LogP contribution in [0.15, 0.2) is 24.3 Å². The van der Waals surface area contributed by atoms with Crippen molar-refractivity contribution in [1.82, 2.24) is 10.2 Å². The van der Waals surface area contributed by atoms with Crippen molar-refractivity contribution in [2.75, 3.05) is 0 Å². The third kappa shape index (κ3) is 1.76. The van der Waals surface area contributed by atoms with Crippen LogP contribution in [-0.2, 0) is 11.3 Å². The van der Waals surface area contributed by atoms with Gasteiger partial charge in [-0.1, -0.05) is 18.2 Å². The summed E-state index contributed by atoms with van der Waals surface area (Å²) in [4.78, 5) is 24.0. The fraction of sp³-hybridized carbons (Fsp3) is 0.273. The van der Waals surface area contributed by atoms with Crippen LogP contribution in [0.25, 0.3) is 0 Å². The molecule has 0 unspecified atom stereocenters. The molecule has 3 amide bonds. The topological polar surface area (TPSA) is 49.4 Å². The van der Waals surface area contributed by atoms with E-state index in [-0.39, 0.29) is 12.5 Å². The van der Waals surface area contributed by atoms with Crippen LogP contribution in [0, 0.1) is 5.82 Å². The summed E-state index contributed by atoms with van der Waals surface area (Å²) in [5.74, 6) is -0.740. The monoisotopic (exact) mass is 222 g/mol. The Labute approximate surface area is 92.0 Å². The lowest BCUT2D eigenvalue weighted by atomic mass is 10.2. The smallest absolute Gasteiger partial charge is 0.325 e. The molecule has 0 saturated carbocycles. The second-order valence-electron chi connectivity index (χ2n) is 3.69. The number of nitrogens with one attached hydrogen (secondary N) is 1. The van der Waals surface area contributed by atoms with Gasteiger partial charge in [0.2, 0.25) is 0 Å². The molecule has 1 aliphatic heterocycles. The molecular weight excluding hydrogens is 211 g/mol. The summed E-state index contributed by atoms with van der Waals surface area (Å²) in [5.41, 5.74) is 0.333. The maximum absolute atomic E-state index is 13.3. The van der Waals surface area contributed by atoms with E-state index in [1.54, 1.807) is 25.1 Å². The van der Waals surface area contributed by atoms with E-state index < -0.39 is 17.9 Å². The Morgan fingerprint density at radius 1 is 1.38 bits per heavy atom. The van der Waals surface area contributed by atoms with Crippen molar-refractivity contribution < 1.29 is 14.0 Å². The zero-order chi connectivity index (χ0) is 11.7. The third-order valence-electron chi connectivity index (χ3n) is 2.51. The van der Waals surface area contributed by atoms with Gasteiger partial charge >= 0.3 is 6.03 Å². The van der Waals surface area contributed by atoms with Gasteiger partial charge in [-0.05, 0) is 13.0 Å². The Balaban J connectivity index is 2.20. The molecule has 1 aromatic rings. The van der Waals surface area contributed by atoms with Gasteiger partial charge in [0.1, 0.15) is 11.9 Å². The first-order valence-electron chi connectivity index (χ1n) is 4.95. The lowest BCUT2D eigenvalue weighted by molar-refractivity contribution is -0.127. The Morgan fingerprint density at radius 2 is 2.06 bits per heavy atom. The molecule has 2 rings (SSSR count). The quantitative estimate of drug-likeness (QED) is 0.766. The van der Waals surface area contributed by atoms with Gasteiger partial charge in [0, 0.05) is 5.56 Å². The summed E-state index contributed by atoms with van der Waals surface area (Å²) >= 11 is 0. The summed E-state index contributed by atoms with van der Waals surface area (Å²) in [5, 5.41) is 2.47. The number of halogens is 1. The second kappa shape index (κ2) is 3.92. The minimum absolute atomic E-state index is 0.0261. The fourth-order valence-corrected chi connectivity index (χ4v) is 1.61. The van der Waals surface area contributed by atoms with Gasteiger partial charge in [0.15, 0.2) is 0 Å². The van der Waals surface area contributed by atoms with E-state index in [0.717, 1.165) is 4.90 Å². The summed E-state index contributed by atoms with van der Waals surface area (Å²) in [6.07, 6.45) is 0. The lowest BCUT2D eigenvalue weighted by Gasteiger charge is -2.12. The maximum atomic E-state index is 13.3. The minimum Gasteiger partial charge on any atom is -0.326 e. The Hall–Kier alpha value is -1.91. The molecule has 1 aliphatic rings. The Morgan fingerprint density at radius 3 is 2.62 bits per heavy atom. The van der Waals surface area contributed by atoms with Crippen LogP contribution in [0.2, 0.25) is 0 Å². The summed E-state index contributed by atoms with van der Waals surface area (Å²) in [6.45, 7) is 1.57. The van der Waals surface area contributed by atoms with Gasteiger partial charge in [-0.25, -0.2) is 9.18 Å². The van der Waals surface area contributed by atoms with Crippen LogP contribution in [0.4, 0.5) is 9.18 Å². The molecule has 1 aromatic carbocycles. The van der Waals surface area contributed by atoms with Crippen molar-refractivity contribution in [3.63, 3.8) is 0 Å². The van der Waals surface area contributed by atoms with Crippen LogP contribution < -0.4 is 5.32 Å². The van der Waals surface area contributed by atoms with E-state index >= 15 is 0 Å². The predicted octanol–water partition coefficient (Wildman–Crippen LogP) is 1.27. The molecule has 16 heavy (non-hydrogen) atoms. The Kier molecular flexibility index (Phi) is 2.60. The van der Waals surface area contributed by atoms with Crippen LogP contribution in [0.1, 0.15) is 12.5 Å². The first-order chi connectivity index (χ1) is 7.59. The first kappa shape index (κ1) is 10.6. The van der Waals surface area contributed by atoms with Gasteiger partial charge in [-0.15, -0.1) is 0 Å². The zero-order valence-electron chi connectivity index (χ0n) is 8.74. The molecule has 1 saturated heterocycles. The molecule has 0 radical (unpaired) electrons. The van der Waals surface area contributed by atoms with E-state index in [0.29, 0.717) is 5.56 Å². The summed E-state index contributed by atoms with van der Waals surface area (Å²) < 4.78 is 13.3. The molecular formula is C11H11FN2O2. The van der Waals surface area contributed by atoms with Crippen molar-refractivity contribution in [3.8, 4) is 0 Å². The Bertz CT molecular complexity index is 447. The molecule has 84 valence electrons. The highest BCUT2D eigenvalue weighted by Crippen LogP contribution is 2.14. The third-order valence-corrected chi connectivity index (χ3v) is 2.51.